The average molecular weight is 490 g/mol. The van der Waals surface area contributed by atoms with E-state index in [1.54, 1.807) is 44.4 Å². The first-order valence-corrected chi connectivity index (χ1v) is 12.8. The smallest absolute Gasteiger partial charge is 0.243 e. The van der Waals surface area contributed by atoms with Gasteiger partial charge in [-0.1, -0.05) is 43.2 Å². The SMILES string of the molecule is CCCCNC(=O)[C@H](C)N(Cc1cccc(OC)c1)C(=O)CN(C)S(=O)(=O)c1ccc(C)cc1. The van der Waals surface area contributed by atoms with Crippen LogP contribution in [-0.2, 0) is 26.2 Å². The van der Waals surface area contributed by atoms with Gasteiger partial charge >= 0.3 is 0 Å². The molecule has 2 aromatic rings. The van der Waals surface area contributed by atoms with E-state index in [0.29, 0.717) is 12.3 Å². The van der Waals surface area contributed by atoms with Crippen LogP contribution < -0.4 is 10.1 Å². The van der Waals surface area contributed by atoms with Crippen molar-refractivity contribution < 1.29 is 22.7 Å². The number of likely N-dealkylation sites (N-methyl/N-ethyl adjacent to an activating group) is 1. The fraction of sp³-hybridized carbons (Fsp3) is 0.440. The zero-order valence-electron chi connectivity index (χ0n) is 20.6. The van der Waals surface area contributed by atoms with E-state index in [2.05, 4.69) is 5.32 Å². The molecule has 186 valence electrons. The van der Waals surface area contributed by atoms with Gasteiger partial charge in [0, 0.05) is 20.1 Å². The Kier molecular flexibility index (Phi) is 10.1. The van der Waals surface area contributed by atoms with Gasteiger partial charge in [0.25, 0.3) is 0 Å². The molecule has 0 unspecified atom stereocenters. The van der Waals surface area contributed by atoms with Gasteiger partial charge in [-0.3, -0.25) is 9.59 Å². The fourth-order valence-electron chi connectivity index (χ4n) is 3.34. The van der Waals surface area contributed by atoms with Gasteiger partial charge in [0.05, 0.1) is 18.6 Å². The molecule has 8 nitrogen and oxygen atoms in total. The number of nitrogens with zero attached hydrogens (tertiary/aromatic N) is 2. The van der Waals surface area contributed by atoms with E-state index in [-0.39, 0.29) is 17.3 Å². The van der Waals surface area contributed by atoms with Crippen molar-refractivity contribution in [1.82, 2.24) is 14.5 Å². The number of hydrogen-bond acceptors (Lipinski definition) is 5. The van der Waals surface area contributed by atoms with Gasteiger partial charge in [-0.2, -0.15) is 4.31 Å². The summed E-state index contributed by atoms with van der Waals surface area (Å²) in [5.74, 6) is -0.128. The average Bonchev–Trinajstić information content (AvgIpc) is 2.82. The number of amides is 2. The molecule has 0 saturated heterocycles. The molecule has 9 heteroatoms. The standard InChI is InChI=1S/C25H35N3O5S/c1-6-7-15-26-25(30)20(3)28(17-21-9-8-10-22(16-21)33-5)24(29)18-27(4)34(31,32)23-13-11-19(2)12-14-23/h8-14,16,20H,6-7,15,17-18H2,1-5H3,(H,26,30)/t20-/m0/s1. The van der Waals surface area contributed by atoms with Crippen molar-refractivity contribution in [1.29, 1.82) is 0 Å². The maximum atomic E-state index is 13.3. The van der Waals surface area contributed by atoms with Gasteiger partial charge in [0.15, 0.2) is 0 Å². The Balaban J connectivity index is 2.26. The zero-order chi connectivity index (χ0) is 25.3. The maximum Gasteiger partial charge on any atom is 0.243 e. The summed E-state index contributed by atoms with van der Waals surface area (Å²) in [7, 11) is -0.950. The highest BCUT2D eigenvalue weighted by atomic mass is 32.2. The molecule has 0 radical (unpaired) electrons. The highest BCUT2D eigenvalue weighted by Crippen LogP contribution is 2.18. The molecule has 1 N–H and O–H groups in total. The number of nitrogens with one attached hydrogen (secondary N) is 1. The minimum Gasteiger partial charge on any atom is -0.497 e. The van der Waals surface area contributed by atoms with E-state index in [9.17, 15) is 18.0 Å². The molecule has 0 saturated carbocycles. The third-order valence-corrected chi connectivity index (χ3v) is 7.39. The lowest BCUT2D eigenvalue weighted by Crippen LogP contribution is -2.50. The Morgan fingerprint density at radius 1 is 1.12 bits per heavy atom. The summed E-state index contributed by atoms with van der Waals surface area (Å²) in [4.78, 5) is 27.6. The van der Waals surface area contributed by atoms with Crippen LogP contribution >= 0.6 is 0 Å². The topological polar surface area (TPSA) is 96.0 Å². The van der Waals surface area contributed by atoms with Crippen molar-refractivity contribution in [2.45, 2.75) is 51.1 Å². The lowest BCUT2D eigenvalue weighted by Gasteiger charge is -2.30. The third kappa shape index (κ3) is 7.30. The molecule has 0 spiro atoms. The summed E-state index contributed by atoms with van der Waals surface area (Å²) in [5.41, 5.74) is 1.70. The van der Waals surface area contributed by atoms with Crippen LogP contribution in [0.4, 0.5) is 0 Å². The van der Waals surface area contributed by atoms with Gasteiger partial charge < -0.3 is 15.0 Å². The zero-order valence-corrected chi connectivity index (χ0v) is 21.4. The van der Waals surface area contributed by atoms with E-state index >= 15 is 0 Å². The number of hydrogen-bond donors (Lipinski definition) is 1. The third-order valence-electron chi connectivity index (χ3n) is 5.57. The molecular formula is C25H35N3O5S. The van der Waals surface area contributed by atoms with Gasteiger partial charge in [0.1, 0.15) is 11.8 Å². The number of carbonyl (C=O) groups excluding carboxylic acids is 2. The first-order valence-electron chi connectivity index (χ1n) is 11.3. The minimum absolute atomic E-state index is 0.109. The van der Waals surface area contributed by atoms with Crippen LogP contribution in [0.25, 0.3) is 0 Å². The molecule has 1 atom stereocenters. The monoisotopic (exact) mass is 489 g/mol. The van der Waals surface area contributed by atoms with Crippen LogP contribution in [0.5, 0.6) is 5.75 Å². The van der Waals surface area contributed by atoms with E-state index in [1.165, 1.54) is 24.1 Å². The normalized spacial score (nSPS) is 12.3. The molecule has 0 fully saturated rings. The predicted molar refractivity (Wildman–Crippen MR) is 132 cm³/mol. The summed E-state index contributed by atoms with van der Waals surface area (Å²) in [6, 6.07) is 12.9. The fourth-order valence-corrected chi connectivity index (χ4v) is 4.46. The second-order valence-electron chi connectivity index (χ2n) is 8.27. The molecule has 0 aliphatic carbocycles. The Labute approximate surface area is 202 Å². The van der Waals surface area contributed by atoms with Crippen LogP contribution in [0.2, 0.25) is 0 Å². The molecule has 2 rings (SSSR count). The van der Waals surface area contributed by atoms with Crippen LogP contribution in [0.3, 0.4) is 0 Å². The maximum absolute atomic E-state index is 13.3. The largest absolute Gasteiger partial charge is 0.497 e. The molecule has 0 bridgehead atoms. The summed E-state index contributed by atoms with van der Waals surface area (Å²) in [6.45, 7) is 5.80. The molecule has 0 aromatic heterocycles. The Bertz CT molecular complexity index is 1070. The number of sulfonamides is 1. The van der Waals surface area contributed by atoms with Crippen LogP contribution in [0.1, 0.15) is 37.8 Å². The number of methoxy groups -OCH3 is 1. The highest BCUT2D eigenvalue weighted by Gasteiger charge is 2.30. The number of aryl methyl sites for hydroxylation is 1. The summed E-state index contributed by atoms with van der Waals surface area (Å²) < 4.78 is 32.2. The predicted octanol–water partition coefficient (Wildman–Crippen LogP) is 2.96. The number of ether oxygens (including phenoxy) is 1. The van der Waals surface area contributed by atoms with Crippen molar-refractivity contribution in [3.63, 3.8) is 0 Å². The van der Waals surface area contributed by atoms with Crippen LogP contribution in [-0.4, -0.2) is 62.7 Å². The van der Waals surface area contributed by atoms with Crippen molar-refractivity contribution in [2.75, 3.05) is 27.2 Å². The minimum atomic E-state index is -3.87. The summed E-state index contributed by atoms with van der Waals surface area (Å²) >= 11 is 0. The molecule has 0 heterocycles. The van der Waals surface area contributed by atoms with Crippen LogP contribution in [0, 0.1) is 6.92 Å². The van der Waals surface area contributed by atoms with Crippen molar-refractivity contribution >= 4 is 21.8 Å². The Hall–Kier alpha value is -2.91. The van der Waals surface area contributed by atoms with E-state index in [4.69, 9.17) is 4.74 Å². The molecule has 0 aliphatic heterocycles. The highest BCUT2D eigenvalue weighted by molar-refractivity contribution is 7.89. The lowest BCUT2D eigenvalue weighted by molar-refractivity contribution is -0.140. The van der Waals surface area contributed by atoms with Gasteiger partial charge in [-0.25, -0.2) is 8.42 Å². The first-order chi connectivity index (χ1) is 16.1. The number of benzene rings is 2. The number of unbranched alkanes of at least 4 members (excludes halogenated alkanes) is 1. The lowest BCUT2D eigenvalue weighted by atomic mass is 10.1. The first kappa shape index (κ1) is 27.3. The molecule has 2 aromatic carbocycles. The summed E-state index contributed by atoms with van der Waals surface area (Å²) in [6.07, 6.45) is 1.77. The van der Waals surface area contributed by atoms with Gasteiger partial charge in [-0.05, 0) is 50.1 Å². The number of rotatable bonds is 12. The Morgan fingerprint density at radius 3 is 2.41 bits per heavy atom. The Morgan fingerprint density at radius 2 is 1.79 bits per heavy atom. The van der Waals surface area contributed by atoms with Crippen LogP contribution in [0.15, 0.2) is 53.4 Å². The second kappa shape index (κ2) is 12.5. The summed E-state index contributed by atoms with van der Waals surface area (Å²) in [5, 5.41) is 2.85. The second-order valence-corrected chi connectivity index (χ2v) is 10.3. The molecule has 0 aliphatic rings. The van der Waals surface area contributed by atoms with Gasteiger partial charge in [-0.15, -0.1) is 0 Å². The van der Waals surface area contributed by atoms with E-state index < -0.39 is 28.5 Å². The molecule has 34 heavy (non-hydrogen) atoms. The number of carbonyl (C=O) groups is 2. The van der Waals surface area contributed by atoms with Crippen molar-refractivity contribution in [3.05, 3.63) is 59.7 Å². The van der Waals surface area contributed by atoms with E-state index in [0.717, 1.165) is 28.3 Å². The van der Waals surface area contributed by atoms with E-state index in [1.807, 2.05) is 19.9 Å². The molecular weight excluding hydrogens is 454 g/mol. The van der Waals surface area contributed by atoms with Crippen molar-refractivity contribution in [2.24, 2.45) is 0 Å². The molecule has 2 amide bonds. The quantitative estimate of drug-likeness (QED) is 0.463. The van der Waals surface area contributed by atoms with Crippen molar-refractivity contribution in [3.8, 4) is 5.75 Å². The van der Waals surface area contributed by atoms with Gasteiger partial charge in [0.2, 0.25) is 21.8 Å².